The summed E-state index contributed by atoms with van der Waals surface area (Å²) in [7, 11) is 0. The number of carbonyl (C=O) groups excluding carboxylic acids is 2. The third-order valence-corrected chi connectivity index (χ3v) is 4.60. The molecule has 2 fully saturated rings. The third kappa shape index (κ3) is 3.39. The number of oxazole rings is 1. The van der Waals surface area contributed by atoms with Crippen molar-refractivity contribution in [3.8, 4) is 0 Å². The Morgan fingerprint density at radius 2 is 2.30 bits per heavy atom. The van der Waals surface area contributed by atoms with Crippen molar-refractivity contribution < 1.29 is 18.7 Å². The smallest absolute Gasteiger partial charge is 0.323 e. The first-order valence-electron chi connectivity index (χ1n) is 8.07. The number of hydrogen-bond acceptors (Lipinski definition) is 6. The van der Waals surface area contributed by atoms with Crippen LogP contribution in [0, 0.1) is 6.92 Å². The van der Waals surface area contributed by atoms with Gasteiger partial charge in [-0.1, -0.05) is 0 Å². The molecule has 1 amide bonds. The second kappa shape index (κ2) is 6.31. The van der Waals surface area contributed by atoms with Crippen molar-refractivity contribution in [2.24, 2.45) is 0 Å². The molecule has 0 aromatic carbocycles. The molecular weight excluding hydrogens is 298 g/mol. The predicted octanol–water partition coefficient (Wildman–Crippen LogP) is 1.11. The van der Waals surface area contributed by atoms with Crippen LogP contribution in [-0.4, -0.2) is 57.9 Å². The number of esters is 1. The van der Waals surface area contributed by atoms with E-state index in [1.165, 1.54) is 0 Å². The minimum atomic E-state index is -0.173. The fourth-order valence-corrected chi connectivity index (χ4v) is 3.46. The van der Waals surface area contributed by atoms with Gasteiger partial charge in [0.25, 0.3) is 0 Å². The minimum absolute atomic E-state index is 0.00457. The highest BCUT2D eigenvalue weighted by Crippen LogP contribution is 2.26. The van der Waals surface area contributed by atoms with Gasteiger partial charge in [0, 0.05) is 32.5 Å². The summed E-state index contributed by atoms with van der Waals surface area (Å²) in [4.78, 5) is 32.0. The second-order valence-corrected chi connectivity index (χ2v) is 6.45. The summed E-state index contributed by atoms with van der Waals surface area (Å²) in [6, 6.07) is -0.101. The second-order valence-electron chi connectivity index (χ2n) is 6.45. The largest absolute Gasteiger partial charge is 0.461 e. The number of cyclic esters (lactones) is 1. The Morgan fingerprint density at radius 3 is 2.87 bits per heavy atom. The number of likely N-dealkylation sites (tertiary alicyclic amines) is 1. The van der Waals surface area contributed by atoms with Crippen LogP contribution >= 0.6 is 0 Å². The molecule has 126 valence electrons. The summed E-state index contributed by atoms with van der Waals surface area (Å²) >= 11 is 0. The number of carbonyl (C=O) groups is 2. The summed E-state index contributed by atoms with van der Waals surface area (Å²) in [6.45, 7) is 7.16. The van der Waals surface area contributed by atoms with Crippen LogP contribution in [0.2, 0.25) is 0 Å². The molecular formula is C16H23N3O4. The van der Waals surface area contributed by atoms with Gasteiger partial charge in [-0.25, -0.2) is 4.98 Å². The van der Waals surface area contributed by atoms with Gasteiger partial charge in [0.15, 0.2) is 0 Å². The van der Waals surface area contributed by atoms with Crippen molar-refractivity contribution in [1.29, 1.82) is 0 Å². The lowest BCUT2D eigenvalue weighted by molar-refractivity contribution is -0.144. The van der Waals surface area contributed by atoms with Gasteiger partial charge in [0.1, 0.15) is 17.9 Å². The third-order valence-electron chi connectivity index (χ3n) is 4.60. The van der Waals surface area contributed by atoms with E-state index in [1.807, 2.05) is 13.8 Å². The quantitative estimate of drug-likeness (QED) is 0.773. The van der Waals surface area contributed by atoms with Gasteiger partial charge < -0.3 is 14.1 Å². The Labute approximate surface area is 135 Å². The van der Waals surface area contributed by atoms with Crippen molar-refractivity contribution in [3.63, 3.8) is 0 Å². The van der Waals surface area contributed by atoms with E-state index in [1.54, 1.807) is 18.0 Å². The molecule has 0 spiro atoms. The van der Waals surface area contributed by atoms with Gasteiger partial charge in [0.05, 0.1) is 12.7 Å². The Morgan fingerprint density at radius 1 is 1.52 bits per heavy atom. The van der Waals surface area contributed by atoms with E-state index >= 15 is 0 Å². The molecule has 3 rings (SSSR count). The van der Waals surface area contributed by atoms with Gasteiger partial charge in [-0.2, -0.15) is 0 Å². The fourth-order valence-electron chi connectivity index (χ4n) is 3.46. The van der Waals surface area contributed by atoms with Crippen molar-refractivity contribution >= 4 is 11.9 Å². The van der Waals surface area contributed by atoms with Crippen LogP contribution in [0.5, 0.6) is 0 Å². The van der Waals surface area contributed by atoms with Gasteiger partial charge in [-0.3, -0.25) is 14.5 Å². The summed E-state index contributed by atoms with van der Waals surface area (Å²) < 4.78 is 10.7. The molecule has 1 aromatic rings. The Bertz CT molecular complexity index is 600. The van der Waals surface area contributed by atoms with Gasteiger partial charge in [-0.15, -0.1) is 0 Å². The van der Waals surface area contributed by atoms with Crippen LogP contribution in [-0.2, 0) is 20.9 Å². The molecule has 2 aliphatic heterocycles. The topological polar surface area (TPSA) is 75.9 Å². The van der Waals surface area contributed by atoms with Crippen LogP contribution in [0.4, 0.5) is 0 Å². The lowest BCUT2D eigenvalue weighted by atomic mass is 10.1. The summed E-state index contributed by atoms with van der Waals surface area (Å²) in [5.74, 6) is 1.13. The molecule has 0 N–H and O–H groups in total. The van der Waals surface area contributed by atoms with Crippen molar-refractivity contribution in [1.82, 2.24) is 14.8 Å². The van der Waals surface area contributed by atoms with E-state index in [-0.39, 0.29) is 30.1 Å². The van der Waals surface area contributed by atoms with E-state index in [4.69, 9.17) is 9.15 Å². The zero-order valence-corrected chi connectivity index (χ0v) is 13.8. The maximum Gasteiger partial charge on any atom is 0.323 e. The highest BCUT2D eigenvalue weighted by Gasteiger charge is 2.41. The molecule has 0 aliphatic carbocycles. The van der Waals surface area contributed by atoms with E-state index in [9.17, 15) is 9.59 Å². The van der Waals surface area contributed by atoms with E-state index < -0.39 is 0 Å². The summed E-state index contributed by atoms with van der Waals surface area (Å²) in [6.07, 6.45) is 3.21. The first-order valence-corrected chi connectivity index (χ1v) is 8.07. The first kappa shape index (κ1) is 16.0. The number of aryl methyl sites for hydroxylation is 1. The van der Waals surface area contributed by atoms with E-state index in [0.29, 0.717) is 19.0 Å². The molecule has 2 aliphatic rings. The Hall–Kier alpha value is -1.89. The van der Waals surface area contributed by atoms with Crippen LogP contribution < -0.4 is 0 Å². The number of aromatic nitrogens is 1. The zero-order valence-electron chi connectivity index (χ0n) is 13.8. The minimum Gasteiger partial charge on any atom is -0.461 e. The van der Waals surface area contributed by atoms with Crippen LogP contribution in [0.25, 0.3) is 0 Å². The number of ether oxygens (including phenoxy) is 1. The van der Waals surface area contributed by atoms with Gasteiger partial charge >= 0.3 is 5.97 Å². The van der Waals surface area contributed by atoms with Crippen LogP contribution in [0.1, 0.15) is 38.3 Å². The average molecular weight is 321 g/mol. The summed E-state index contributed by atoms with van der Waals surface area (Å²) in [5.41, 5.74) is 0. The molecule has 0 radical (unpaired) electrons. The molecule has 0 unspecified atom stereocenters. The van der Waals surface area contributed by atoms with E-state index in [2.05, 4.69) is 9.88 Å². The Kier molecular flexibility index (Phi) is 4.39. The molecule has 7 heteroatoms. The standard InChI is InChI=1S/C16H23N3O4/c1-10-6-14(16(21)23-10)18-5-4-13(8-18)19(12(3)20)9-15-17-7-11(2)22-15/h7,10,13-14H,4-6,8-9H2,1-3H3/t10-,13+,14-/m0/s1. The molecule has 1 aromatic heterocycles. The first-order chi connectivity index (χ1) is 10.9. The van der Waals surface area contributed by atoms with Crippen molar-refractivity contribution in [3.05, 3.63) is 17.8 Å². The normalized spacial score (nSPS) is 28.1. The highest BCUT2D eigenvalue weighted by atomic mass is 16.6. The molecule has 3 atom stereocenters. The number of nitrogens with zero attached hydrogens (tertiary/aromatic N) is 3. The van der Waals surface area contributed by atoms with Crippen LogP contribution in [0.15, 0.2) is 10.6 Å². The molecule has 23 heavy (non-hydrogen) atoms. The molecule has 3 heterocycles. The predicted molar refractivity (Wildman–Crippen MR) is 81.4 cm³/mol. The molecule has 0 saturated carbocycles. The van der Waals surface area contributed by atoms with E-state index in [0.717, 1.165) is 25.1 Å². The molecule has 7 nitrogen and oxygen atoms in total. The van der Waals surface area contributed by atoms with Crippen molar-refractivity contribution in [2.75, 3.05) is 13.1 Å². The lowest BCUT2D eigenvalue weighted by Crippen LogP contribution is -2.43. The number of amides is 1. The average Bonchev–Trinajstić information content (AvgIpc) is 3.16. The fraction of sp³-hybridized carbons (Fsp3) is 0.688. The summed E-state index contributed by atoms with van der Waals surface area (Å²) in [5, 5.41) is 0. The Balaban J connectivity index is 1.65. The number of rotatable bonds is 4. The monoisotopic (exact) mass is 321 g/mol. The highest BCUT2D eigenvalue weighted by molar-refractivity contribution is 5.78. The van der Waals surface area contributed by atoms with Gasteiger partial charge in [0.2, 0.25) is 11.8 Å². The maximum atomic E-state index is 12.0. The lowest BCUT2D eigenvalue weighted by Gasteiger charge is -2.27. The van der Waals surface area contributed by atoms with Gasteiger partial charge in [-0.05, 0) is 20.3 Å². The SMILES string of the molecule is CC(=O)N(Cc1ncc(C)o1)[C@@H]1CCN([C@H]2C[C@H](C)OC2=O)C1. The molecule has 2 saturated heterocycles. The zero-order chi connectivity index (χ0) is 16.6. The molecule has 0 bridgehead atoms. The number of hydrogen-bond donors (Lipinski definition) is 0. The van der Waals surface area contributed by atoms with Crippen molar-refractivity contribution in [2.45, 2.75) is 58.3 Å². The maximum absolute atomic E-state index is 12.0. The van der Waals surface area contributed by atoms with Crippen LogP contribution in [0.3, 0.4) is 0 Å².